The Labute approximate surface area is 281 Å². The van der Waals surface area contributed by atoms with E-state index >= 15 is 0 Å². The quantitative estimate of drug-likeness (QED) is 0.175. The van der Waals surface area contributed by atoms with Crippen LogP contribution < -0.4 is 20.6 Å². The molecule has 11 nitrogen and oxygen atoms in total. The molecule has 0 saturated carbocycles. The van der Waals surface area contributed by atoms with Crippen LogP contribution in [0.25, 0.3) is 0 Å². The van der Waals surface area contributed by atoms with E-state index in [1.807, 2.05) is 48.7 Å². The summed E-state index contributed by atoms with van der Waals surface area (Å²) >= 11 is 0. The second-order valence-corrected chi connectivity index (χ2v) is 18.1. The van der Waals surface area contributed by atoms with Crippen LogP contribution >= 0.6 is 0 Å². The van der Waals surface area contributed by atoms with E-state index in [1.165, 1.54) is 12.1 Å². The number of fused-ring (bicyclic) bond motifs is 2. The van der Waals surface area contributed by atoms with Crippen LogP contribution in [0.4, 0.5) is 11.4 Å². The van der Waals surface area contributed by atoms with E-state index in [-0.39, 0.29) is 36.0 Å². The minimum Gasteiger partial charge on any atom is -0.497 e. The maximum Gasteiger partial charge on any atom is 0.261 e. The van der Waals surface area contributed by atoms with Crippen LogP contribution in [0.3, 0.4) is 0 Å². The number of carbonyl (C=O) groups is 2. The minimum atomic E-state index is -2.35. The summed E-state index contributed by atoms with van der Waals surface area (Å²) in [6.45, 7) is 8.54. The second-order valence-electron chi connectivity index (χ2n) is 13.4. The number of carbonyl (C=O) groups excluding carboxylic acids is 2. The molecule has 6 atom stereocenters. The maximum absolute atomic E-state index is 14.1. The number of benzene rings is 3. The van der Waals surface area contributed by atoms with Gasteiger partial charge in [-0.15, -0.1) is 5.10 Å². The number of aryl methyl sites for hydroxylation is 1. The van der Waals surface area contributed by atoms with Gasteiger partial charge in [-0.25, -0.2) is 0 Å². The molecule has 2 aliphatic heterocycles. The maximum atomic E-state index is 14.1. The van der Waals surface area contributed by atoms with Crippen molar-refractivity contribution in [1.29, 1.82) is 0 Å². The molecule has 1 spiro atoms. The third-order valence-corrected chi connectivity index (χ3v) is 14.5. The fourth-order valence-electron chi connectivity index (χ4n) is 7.62. The van der Waals surface area contributed by atoms with E-state index < -0.39 is 25.7 Å². The normalized spacial score (nSPS) is 23.1. The summed E-state index contributed by atoms with van der Waals surface area (Å²) < 4.78 is 14.3. The molecule has 2 aliphatic rings. The molecule has 1 aromatic heterocycles. The Morgan fingerprint density at radius 1 is 1.15 bits per heavy atom. The number of aromatic nitrogens is 3. The first-order valence-electron chi connectivity index (χ1n) is 16.3. The molecule has 6 rings (SSSR count). The first kappa shape index (κ1) is 33.5. The van der Waals surface area contributed by atoms with Crippen LogP contribution in [0.15, 0.2) is 79.0 Å². The Morgan fingerprint density at radius 3 is 2.54 bits per heavy atom. The molecule has 3 heterocycles. The molecule has 2 amide bonds. The highest BCUT2D eigenvalue weighted by molar-refractivity contribution is 6.91. The molecule has 1 unspecified atom stereocenters. The highest BCUT2D eigenvalue weighted by atomic mass is 28.3. The summed E-state index contributed by atoms with van der Waals surface area (Å²) in [6.07, 6.45) is 0.947. The summed E-state index contributed by atoms with van der Waals surface area (Å²) in [6, 6.07) is 23.2. The summed E-state index contributed by atoms with van der Waals surface area (Å²) in [5.74, 6) is -0.497. The number of rotatable bonds is 11. The van der Waals surface area contributed by atoms with Gasteiger partial charge in [-0.2, -0.15) is 0 Å². The van der Waals surface area contributed by atoms with Gasteiger partial charge in [0.25, 0.3) is 11.8 Å². The SMILES string of the molecule is COc1ccc([Si](C)(C)[C@H]2[C@H](CCn3cc(C(CO)c4ccccc4)nn3)O[C@@]3(C(=O)Nc4ccc(NC(=O)[C@H](C)O)cc43)[C@@H]2C)cc1. The van der Waals surface area contributed by atoms with Gasteiger partial charge in [0.15, 0.2) is 5.60 Å². The number of amides is 2. The van der Waals surface area contributed by atoms with E-state index in [9.17, 15) is 19.8 Å². The predicted molar refractivity (Wildman–Crippen MR) is 185 cm³/mol. The van der Waals surface area contributed by atoms with Crippen molar-refractivity contribution in [1.82, 2.24) is 15.0 Å². The van der Waals surface area contributed by atoms with Gasteiger partial charge in [-0.05, 0) is 54.8 Å². The van der Waals surface area contributed by atoms with Crippen LogP contribution in [0, 0.1) is 5.92 Å². The summed E-state index contributed by atoms with van der Waals surface area (Å²) in [4.78, 5) is 26.4. The summed E-state index contributed by atoms with van der Waals surface area (Å²) in [5.41, 5.74) is 2.16. The van der Waals surface area contributed by atoms with Crippen LogP contribution in [-0.4, -0.2) is 71.0 Å². The Hall–Kier alpha value is -4.36. The Kier molecular flexibility index (Phi) is 9.27. The Balaban J connectivity index is 1.35. The standard InChI is InChI=1S/C36H43N5O6Si/c1-22-33(48(4,5)27-14-12-26(46-3)13-15-27)32(17-18-41-20-31(39-40-41)28(21-42)24-9-7-6-8-10-24)47-36(22)29-19-25(37-34(44)23(2)43)11-16-30(29)38-35(36)45/h6-16,19-20,22-23,28,32-33,42-43H,17-18,21H2,1-5H3,(H,37,44)(H,38,45)/t22-,23+,28?,32+,33-,36+/m1/s1. The summed E-state index contributed by atoms with van der Waals surface area (Å²) in [7, 11) is -0.700. The van der Waals surface area contributed by atoms with Gasteiger partial charge in [0.1, 0.15) is 11.9 Å². The number of hydrogen-bond acceptors (Lipinski definition) is 8. The average Bonchev–Trinajstić information content (AvgIpc) is 3.75. The van der Waals surface area contributed by atoms with E-state index in [1.54, 1.807) is 30.0 Å². The topological polar surface area (TPSA) is 148 Å². The Bertz CT molecular complexity index is 1780. The van der Waals surface area contributed by atoms with Crippen molar-refractivity contribution >= 4 is 36.4 Å². The molecule has 1 saturated heterocycles. The number of aliphatic hydroxyl groups excluding tert-OH is 2. The number of ether oxygens (including phenoxy) is 2. The number of hydrogen-bond donors (Lipinski definition) is 4. The molecule has 0 radical (unpaired) electrons. The molecule has 252 valence electrons. The minimum absolute atomic E-state index is 0.0100. The fourth-order valence-corrected chi connectivity index (χ4v) is 11.7. The van der Waals surface area contributed by atoms with Crippen molar-refractivity contribution in [2.75, 3.05) is 24.4 Å². The van der Waals surface area contributed by atoms with Crippen molar-refractivity contribution in [3.05, 3.63) is 95.8 Å². The van der Waals surface area contributed by atoms with Crippen molar-refractivity contribution < 1.29 is 29.3 Å². The molecule has 1 fully saturated rings. The number of methoxy groups -OCH3 is 1. The molecule has 4 aromatic rings. The van der Waals surface area contributed by atoms with Crippen molar-refractivity contribution in [2.45, 2.75) is 69.2 Å². The second kappa shape index (κ2) is 13.3. The molecule has 12 heteroatoms. The van der Waals surface area contributed by atoms with E-state index in [0.717, 1.165) is 11.3 Å². The first-order chi connectivity index (χ1) is 23.0. The van der Waals surface area contributed by atoms with Crippen molar-refractivity contribution in [3.63, 3.8) is 0 Å². The van der Waals surface area contributed by atoms with Crippen molar-refractivity contribution in [2.24, 2.45) is 5.92 Å². The molecule has 0 aliphatic carbocycles. The largest absolute Gasteiger partial charge is 0.497 e. The highest BCUT2D eigenvalue weighted by Crippen LogP contribution is 2.59. The van der Waals surface area contributed by atoms with Gasteiger partial charge >= 0.3 is 0 Å². The van der Waals surface area contributed by atoms with Gasteiger partial charge in [-0.1, -0.05) is 72.9 Å². The lowest BCUT2D eigenvalue weighted by Crippen LogP contribution is -2.51. The van der Waals surface area contributed by atoms with Crippen LogP contribution in [0.2, 0.25) is 18.6 Å². The zero-order valence-electron chi connectivity index (χ0n) is 27.9. The highest BCUT2D eigenvalue weighted by Gasteiger charge is 2.64. The van der Waals surface area contributed by atoms with E-state index in [4.69, 9.17) is 9.47 Å². The molecule has 0 bridgehead atoms. The number of nitrogens with one attached hydrogen (secondary N) is 2. The van der Waals surface area contributed by atoms with E-state index in [0.29, 0.717) is 35.6 Å². The zero-order valence-corrected chi connectivity index (χ0v) is 28.9. The lowest BCUT2D eigenvalue weighted by atomic mass is 9.82. The lowest BCUT2D eigenvalue weighted by molar-refractivity contribution is -0.143. The predicted octanol–water partition coefficient (Wildman–Crippen LogP) is 3.99. The zero-order chi connectivity index (χ0) is 34.2. The van der Waals surface area contributed by atoms with Gasteiger partial charge in [-0.3, -0.25) is 14.3 Å². The molecular formula is C36H43N5O6Si. The van der Waals surface area contributed by atoms with E-state index in [2.05, 4.69) is 53.1 Å². The average molecular weight is 670 g/mol. The van der Waals surface area contributed by atoms with Crippen LogP contribution in [-0.2, 0) is 26.5 Å². The van der Waals surface area contributed by atoms with Crippen LogP contribution in [0.1, 0.15) is 43.0 Å². The number of anilines is 2. The van der Waals surface area contributed by atoms with Gasteiger partial charge < -0.3 is 30.3 Å². The number of aliphatic hydroxyl groups is 2. The fraction of sp³-hybridized carbons (Fsp3) is 0.389. The molecule has 4 N–H and O–H groups in total. The third-order valence-electron chi connectivity index (χ3n) is 10.2. The molecular weight excluding hydrogens is 627 g/mol. The number of nitrogens with zero attached hydrogens (tertiary/aromatic N) is 3. The lowest BCUT2D eigenvalue weighted by Gasteiger charge is -2.37. The van der Waals surface area contributed by atoms with Gasteiger partial charge in [0.2, 0.25) is 0 Å². The van der Waals surface area contributed by atoms with Gasteiger partial charge in [0, 0.05) is 35.6 Å². The molecule has 3 aromatic carbocycles. The smallest absolute Gasteiger partial charge is 0.261 e. The Morgan fingerprint density at radius 2 is 1.88 bits per heavy atom. The summed E-state index contributed by atoms with van der Waals surface area (Å²) in [5, 5.41) is 35.8. The van der Waals surface area contributed by atoms with Crippen molar-refractivity contribution in [3.8, 4) is 5.75 Å². The molecule has 48 heavy (non-hydrogen) atoms. The third kappa shape index (κ3) is 5.93. The monoisotopic (exact) mass is 669 g/mol. The first-order valence-corrected chi connectivity index (χ1v) is 19.4. The van der Waals surface area contributed by atoms with Crippen LogP contribution in [0.5, 0.6) is 5.75 Å². The van der Waals surface area contributed by atoms with Gasteiger partial charge in [0.05, 0.1) is 39.5 Å².